The maximum absolute atomic E-state index is 2.46. The summed E-state index contributed by atoms with van der Waals surface area (Å²) >= 11 is 1.93. The number of para-hydroxylation sites is 1. The Hall–Kier alpha value is -6.05. The van der Waals surface area contributed by atoms with E-state index in [-0.39, 0.29) is 0 Å². The molecule has 0 radical (unpaired) electrons. The monoisotopic (exact) mass is 709 g/mol. The molecule has 2 aromatic heterocycles. The van der Waals surface area contributed by atoms with Crippen LogP contribution >= 0.6 is 19.3 Å². The quantitative estimate of drug-likeness (QED) is 0.124. The Bertz CT molecular complexity index is 3100. The first-order chi connectivity index (χ1) is 26.3. The second-order valence-electron chi connectivity index (χ2n) is 13.7. The number of nitrogens with zero attached hydrogens (tertiary/aromatic N) is 1. The number of hydrogen-bond acceptors (Lipinski definition) is 1. The van der Waals surface area contributed by atoms with Gasteiger partial charge in [-0.15, -0.1) is 11.3 Å². The minimum absolute atomic E-state index is 0.655. The molecule has 11 aromatic rings. The van der Waals surface area contributed by atoms with Gasteiger partial charge in [-0.3, -0.25) is 0 Å². The zero-order valence-electron chi connectivity index (χ0n) is 28.8. The van der Waals surface area contributed by atoms with Gasteiger partial charge >= 0.3 is 0 Å². The molecule has 0 aliphatic carbocycles. The molecule has 2 heterocycles. The third-order valence-corrected chi connectivity index (χ3v) is 14.4. The van der Waals surface area contributed by atoms with Crippen LogP contribution in [0.15, 0.2) is 194 Å². The SMILES string of the molecule is c1ccc(-n2c3cc(-c4ccc(P(c5ccccc5)c5ccccc5)cc4)ccc3c3c4sc5ccc6ccc7ccccc7c6c5c4ccc32)cc1. The number of benzene rings is 9. The normalized spacial score (nSPS) is 11.9. The molecule has 0 aliphatic rings. The summed E-state index contributed by atoms with van der Waals surface area (Å²) < 4.78 is 5.15. The van der Waals surface area contributed by atoms with Crippen molar-refractivity contribution in [2.24, 2.45) is 0 Å². The highest BCUT2D eigenvalue weighted by atomic mass is 32.1. The summed E-state index contributed by atoms with van der Waals surface area (Å²) in [5.74, 6) is 0. The highest BCUT2D eigenvalue weighted by molar-refractivity contribution is 7.79. The highest BCUT2D eigenvalue weighted by Gasteiger charge is 2.21. The van der Waals surface area contributed by atoms with E-state index in [4.69, 9.17) is 0 Å². The van der Waals surface area contributed by atoms with Gasteiger partial charge in [0.1, 0.15) is 0 Å². The van der Waals surface area contributed by atoms with Crippen molar-refractivity contribution in [1.82, 2.24) is 4.57 Å². The summed E-state index contributed by atoms with van der Waals surface area (Å²) in [7, 11) is -0.655. The first-order valence-electron chi connectivity index (χ1n) is 18.1. The summed E-state index contributed by atoms with van der Waals surface area (Å²) in [4.78, 5) is 0. The fourth-order valence-corrected chi connectivity index (χ4v) is 11.9. The van der Waals surface area contributed by atoms with Gasteiger partial charge in [0.05, 0.1) is 11.0 Å². The molecule has 0 N–H and O–H groups in total. The average molecular weight is 710 g/mol. The third kappa shape index (κ3) is 4.87. The topological polar surface area (TPSA) is 4.93 Å². The van der Waals surface area contributed by atoms with Crippen LogP contribution in [0.2, 0.25) is 0 Å². The Balaban J connectivity index is 1.12. The second kappa shape index (κ2) is 12.3. The molecular weight excluding hydrogens is 678 g/mol. The van der Waals surface area contributed by atoms with Crippen LogP contribution in [0, 0.1) is 0 Å². The standard InChI is InChI=1S/C50H32NPS/c1-4-13-37(14-5-1)51-44-30-29-43-49-46(31-25-35-21-20-34-12-10-11-19-41(34)47(35)49)53-50(43)48(44)42-28-24-36(32-45(42)51)33-22-26-40(27-23-33)52(38-15-6-2-7-16-38)39-17-8-3-9-18-39/h1-32H. The van der Waals surface area contributed by atoms with Crippen molar-refractivity contribution in [3.8, 4) is 16.8 Å². The molecule has 9 aromatic carbocycles. The van der Waals surface area contributed by atoms with Crippen molar-refractivity contribution in [2.45, 2.75) is 0 Å². The summed E-state index contributed by atoms with van der Waals surface area (Å²) in [6.07, 6.45) is 0. The molecule has 0 atom stereocenters. The van der Waals surface area contributed by atoms with Crippen LogP contribution < -0.4 is 15.9 Å². The minimum atomic E-state index is -0.655. The fourth-order valence-electron chi connectivity index (χ4n) is 8.36. The lowest BCUT2D eigenvalue weighted by Gasteiger charge is -2.19. The van der Waals surface area contributed by atoms with E-state index in [0.29, 0.717) is 0 Å². The number of rotatable bonds is 5. The van der Waals surface area contributed by atoms with Crippen molar-refractivity contribution < 1.29 is 0 Å². The van der Waals surface area contributed by atoms with Gasteiger partial charge in [0.2, 0.25) is 0 Å². The number of thiophene rings is 1. The lowest BCUT2D eigenvalue weighted by Crippen LogP contribution is -2.20. The van der Waals surface area contributed by atoms with E-state index in [0.717, 1.165) is 0 Å². The molecule has 0 saturated heterocycles. The predicted octanol–water partition coefficient (Wildman–Crippen LogP) is 12.9. The van der Waals surface area contributed by atoms with E-state index in [1.807, 2.05) is 11.3 Å². The van der Waals surface area contributed by atoms with Crippen LogP contribution in [0.3, 0.4) is 0 Å². The lowest BCUT2D eigenvalue weighted by atomic mass is 9.97. The molecule has 0 unspecified atom stereocenters. The maximum Gasteiger partial charge on any atom is 0.0555 e. The van der Waals surface area contributed by atoms with Gasteiger partial charge in [-0.1, -0.05) is 164 Å². The Kier molecular flexibility index (Phi) is 7.08. The predicted molar refractivity (Wildman–Crippen MR) is 233 cm³/mol. The van der Waals surface area contributed by atoms with Gasteiger partial charge in [-0.05, 0) is 86.8 Å². The summed E-state index contributed by atoms with van der Waals surface area (Å²) in [5, 5.41) is 14.6. The fraction of sp³-hybridized carbons (Fsp3) is 0. The first-order valence-corrected chi connectivity index (χ1v) is 20.3. The molecule has 53 heavy (non-hydrogen) atoms. The van der Waals surface area contributed by atoms with E-state index < -0.39 is 7.92 Å². The van der Waals surface area contributed by atoms with Gasteiger partial charge in [0.15, 0.2) is 0 Å². The van der Waals surface area contributed by atoms with E-state index in [1.54, 1.807) is 0 Å². The van der Waals surface area contributed by atoms with Crippen molar-refractivity contribution in [1.29, 1.82) is 0 Å². The summed E-state index contributed by atoms with van der Waals surface area (Å²) in [5.41, 5.74) is 6.08. The zero-order chi connectivity index (χ0) is 34.9. The molecule has 11 rings (SSSR count). The Labute approximate surface area is 312 Å². The summed E-state index contributed by atoms with van der Waals surface area (Å²) in [6, 6.07) is 71.8. The van der Waals surface area contributed by atoms with Crippen LogP contribution in [0.1, 0.15) is 0 Å². The van der Waals surface area contributed by atoms with E-state index >= 15 is 0 Å². The molecular formula is C50H32NPS. The Morgan fingerprint density at radius 3 is 1.74 bits per heavy atom. The minimum Gasteiger partial charge on any atom is -0.309 e. The van der Waals surface area contributed by atoms with Crippen molar-refractivity contribution in [2.75, 3.05) is 0 Å². The molecule has 0 fully saturated rings. The van der Waals surface area contributed by atoms with Crippen LogP contribution in [0.25, 0.3) is 80.3 Å². The van der Waals surface area contributed by atoms with Gasteiger partial charge < -0.3 is 4.57 Å². The number of hydrogen-bond donors (Lipinski definition) is 0. The molecule has 0 saturated carbocycles. The smallest absolute Gasteiger partial charge is 0.0555 e. The first kappa shape index (κ1) is 30.6. The van der Waals surface area contributed by atoms with E-state index in [1.165, 1.54) is 96.3 Å². The average Bonchev–Trinajstić information content (AvgIpc) is 3.78. The van der Waals surface area contributed by atoms with Gasteiger partial charge in [-0.2, -0.15) is 0 Å². The largest absolute Gasteiger partial charge is 0.309 e. The van der Waals surface area contributed by atoms with Gasteiger partial charge in [0, 0.05) is 36.6 Å². The molecule has 0 bridgehead atoms. The van der Waals surface area contributed by atoms with Gasteiger partial charge in [-0.25, -0.2) is 0 Å². The number of fused-ring (bicyclic) bond motifs is 11. The zero-order valence-corrected chi connectivity index (χ0v) is 30.5. The van der Waals surface area contributed by atoms with Gasteiger partial charge in [0.25, 0.3) is 0 Å². The molecule has 0 amide bonds. The molecule has 0 aliphatic heterocycles. The highest BCUT2D eigenvalue weighted by Crippen LogP contribution is 2.47. The molecule has 248 valence electrons. The van der Waals surface area contributed by atoms with E-state index in [9.17, 15) is 0 Å². The molecule has 3 heteroatoms. The maximum atomic E-state index is 2.46. The van der Waals surface area contributed by atoms with Crippen molar-refractivity contribution in [3.63, 3.8) is 0 Å². The van der Waals surface area contributed by atoms with E-state index in [2.05, 4.69) is 199 Å². The lowest BCUT2D eigenvalue weighted by molar-refractivity contribution is 1.18. The third-order valence-electron chi connectivity index (χ3n) is 10.7. The van der Waals surface area contributed by atoms with Crippen LogP contribution in [0.4, 0.5) is 0 Å². The van der Waals surface area contributed by atoms with Crippen LogP contribution in [-0.2, 0) is 0 Å². The second-order valence-corrected chi connectivity index (χ2v) is 17.0. The van der Waals surface area contributed by atoms with Crippen molar-refractivity contribution in [3.05, 3.63) is 194 Å². The number of aromatic nitrogens is 1. The van der Waals surface area contributed by atoms with Crippen molar-refractivity contribution >= 4 is 98.7 Å². The Morgan fingerprint density at radius 2 is 0.981 bits per heavy atom. The van der Waals surface area contributed by atoms with Crippen LogP contribution in [-0.4, -0.2) is 4.57 Å². The summed E-state index contributed by atoms with van der Waals surface area (Å²) in [6.45, 7) is 0. The Morgan fingerprint density at radius 1 is 0.377 bits per heavy atom. The molecule has 1 nitrogen and oxygen atoms in total. The van der Waals surface area contributed by atoms with Crippen LogP contribution in [0.5, 0.6) is 0 Å². The molecule has 0 spiro atoms.